The predicted molar refractivity (Wildman–Crippen MR) is 143 cm³/mol. The maximum Gasteiger partial charge on any atom is 0.244 e. The van der Waals surface area contributed by atoms with Crippen molar-refractivity contribution in [2.75, 3.05) is 25.7 Å². The summed E-state index contributed by atoms with van der Waals surface area (Å²) < 4.78 is 10.9. The Morgan fingerprint density at radius 3 is 2.89 bits per heavy atom. The number of nitriles is 1. The molecule has 1 N–H and O–H groups in total. The summed E-state index contributed by atoms with van der Waals surface area (Å²) in [4.78, 5) is 23.8. The Labute approximate surface area is 217 Å². The Bertz CT molecular complexity index is 1340. The smallest absolute Gasteiger partial charge is 0.244 e. The van der Waals surface area contributed by atoms with E-state index in [-0.39, 0.29) is 18.6 Å². The number of nitrogens with one attached hydrogen (secondary N) is 1. The number of carbonyl (C=O) groups is 1. The Balaban J connectivity index is 1.77. The third-order valence-electron chi connectivity index (χ3n) is 5.81. The van der Waals surface area contributed by atoms with Gasteiger partial charge in [0.05, 0.1) is 23.7 Å². The number of benzene rings is 1. The van der Waals surface area contributed by atoms with E-state index in [9.17, 15) is 10.1 Å². The lowest BCUT2D eigenvalue weighted by molar-refractivity contribution is -0.200. The first-order chi connectivity index (χ1) is 18.0. The van der Waals surface area contributed by atoms with Crippen LogP contribution in [0.3, 0.4) is 0 Å². The molecule has 8 heteroatoms. The van der Waals surface area contributed by atoms with Gasteiger partial charge in [0.15, 0.2) is 6.29 Å². The van der Waals surface area contributed by atoms with Gasteiger partial charge in [-0.25, -0.2) is 15.3 Å². The van der Waals surface area contributed by atoms with E-state index in [0.717, 1.165) is 35.9 Å². The van der Waals surface area contributed by atoms with Crippen molar-refractivity contribution in [3.63, 3.8) is 0 Å². The number of hydrogen-bond acceptors (Lipinski definition) is 7. The van der Waals surface area contributed by atoms with E-state index in [1.807, 2.05) is 49.2 Å². The Morgan fingerprint density at radius 1 is 1.38 bits per heavy atom. The number of ether oxygens (including phenoxy) is 2. The Kier molecular flexibility index (Phi) is 10.3. The summed E-state index contributed by atoms with van der Waals surface area (Å²) in [7, 11) is 3.50. The van der Waals surface area contributed by atoms with Gasteiger partial charge in [-0.15, -0.1) is 0 Å². The highest BCUT2D eigenvalue weighted by Gasteiger charge is 2.15. The largest absolute Gasteiger partial charge is 0.495 e. The van der Waals surface area contributed by atoms with Gasteiger partial charge in [0.25, 0.3) is 0 Å². The third-order valence-corrected chi connectivity index (χ3v) is 5.81. The number of rotatable bonds is 8. The highest BCUT2D eigenvalue weighted by molar-refractivity contribution is 5.75. The van der Waals surface area contributed by atoms with Crippen LogP contribution in [0.4, 0.5) is 11.4 Å². The van der Waals surface area contributed by atoms with Gasteiger partial charge in [-0.05, 0) is 44.0 Å². The summed E-state index contributed by atoms with van der Waals surface area (Å²) in [5.74, 6) is 6.54. The molecule has 1 aromatic carbocycles. The average Bonchev–Trinajstić information content (AvgIpc) is 2.94. The second kappa shape index (κ2) is 13.8. The molecule has 1 aliphatic heterocycles. The number of amides is 1. The molecule has 1 aromatic heterocycles. The minimum absolute atomic E-state index is 0.201. The van der Waals surface area contributed by atoms with Crippen LogP contribution in [-0.4, -0.2) is 37.9 Å². The number of hydrogen-bond donors (Lipinski definition) is 1. The molecule has 0 spiro atoms. The number of nitrogens with zero attached hydrogens (tertiary/aromatic N) is 3. The lowest BCUT2D eigenvalue weighted by atomic mass is 10.1. The van der Waals surface area contributed by atoms with Crippen LogP contribution in [0.1, 0.15) is 50.3 Å². The van der Waals surface area contributed by atoms with Crippen LogP contribution in [-0.2, 0) is 14.4 Å². The molecule has 192 valence electrons. The molecule has 0 aliphatic carbocycles. The molecule has 1 saturated heterocycles. The summed E-state index contributed by atoms with van der Waals surface area (Å²) in [5.41, 5.74) is 5.11. The molecular weight excluding hydrogens is 468 g/mol. The highest BCUT2D eigenvalue weighted by atomic mass is 16.8. The van der Waals surface area contributed by atoms with Crippen molar-refractivity contribution in [1.29, 1.82) is 5.26 Å². The number of hydroxylamine groups is 1. The quantitative estimate of drug-likeness (QED) is 0.439. The zero-order valence-corrected chi connectivity index (χ0v) is 21.5. The zero-order chi connectivity index (χ0) is 26.6. The highest BCUT2D eigenvalue weighted by Crippen LogP contribution is 2.27. The fourth-order valence-electron chi connectivity index (χ4n) is 3.87. The van der Waals surface area contributed by atoms with Crippen molar-refractivity contribution in [2.24, 2.45) is 0 Å². The SMILES string of the molecule is C=C/C=c1/c(N(C)c2ccc(OC)c(C#CCCC(=O)NOC3CCCCO3)c2)cc(C#N)n/c1=C/C. The minimum atomic E-state index is -0.381. The van der Waals surface area contributed by atoms with Crippen molar-refractivity contribution >= 4 is 29.4 Å². The van der Waals surface area contributed by atoms with E-state index < -0.39 is 0 Å². The normalized spacial score (nSPS) is 15.8. The molecule has 1 aliphatic rings. The number of methoxy groups -OCH3 is 1. The molecule has 1 fully saturated rings. The summed E-state index contributed by atoms with van der Waals surface area (Å²) in [6.07, 6.45) is 8.41. The molecular formula is C29H32N4O4. The standard InChI is InChI=1S/C29H32N4O4/c1-5-11-24-25(6-2)31-22(20-30)19-26(24)33(3)23-15-16-27(35-4)21(18-23)12-7-8-13-28(34)32-37-29-14-9-10-17-36-29/h5-6,11,15-16,18-19,29H,1,8-10,13-14,17H2,2-4H3,(H,32,34)/b24-11+,25-6+. The molecule has 2 heterocycles. The van der Waals surface area contributed by atoms with Gasteiger partial charge >= 0.3 is 0 Å². The van der Waals surface area contributed by atoms with Crippen LogP contribution in [0, 0.1) is 23.2 Å². The topological polar surface area (TPSA) is 96.7 Å². The first-order valence-corrected chi connectivity index (χ1v) is 12.2. The monoisotopic (exact) mass is 500 g/mol. The van der Waals surface area contributed by atoms with Crippen molar-refractivity contribution in [3.05, 3.63) is 58.7 Å². The van der Waals surface area contributed by atoms with Gasteiger partial charge in [0, 0.05) is 43.8 Å². The molecule has 0 bridgehead atoms. The van der Waals surface area contributed by atoms with Crippen LogP contribution in [0.2, 0.25) is 0 Å². The number of allylic oxidation sites excluding steroid dienone is 1. The van der Waals surface area contributed by atoms with E-state index in [4.69, 9.17) is 14.3 Å². The van der Waals surface area contributed by atoms with E-state index in [0.29, 0.717) is 35.4 Å². The molecule has 2 aromatic rings. The van der Waals surface area contributed by atoms with Gasteiger partial charge in [-0.3, -0.25) is 4.79 Å². The molecule has 8 nitrogen and oxygen atoms in total. The van der Waals surface area contributed by atoms with Crippen molar-refractivity contribution < 1.29 is 19.1 Å². The molecule has 1 unspecified atom stereocenters. The fraction of sp³-hybridized carbons (Fsp3) is 0.345. The van der Waals surface area contributed by atoms with E-state index in [2.05, 4.69) is 35.0 Å². The fourth-order valence-corrected chi connectivity index (χ4v) is 3.87. The molecule has 3 rings (SSSR count). The van der Waals surface area contributed by atoms with Crippen molar-refractivity contribution in [1.82, 2.24) is 10.5 Å². The van der Waals surface area contributed by atoms with Gasteiger partial charge in [0.2, 0.25) is 5.91 Å². The predicted octanol–water partition coefficient (Wildman–Crippen LogP) is 3.20. The van der Waals surface area contributed by atoms with Crippen molar-refractivity contribution in [2.45, 2.75) is 45.3 Å². The number of carbonyl (C=O) groups excluding carboxylic acids is 1. The summed E-state index contributed by atoms with van der Waals surface area (Å²) in [6, 6.07) is 9.55. The Hall–Kier alpha value is -4.11. The minimum Gasteiger partial charge on any atom is -0.495 e. The van der Waals surface area contributed by atoms with Crippen LogP contribution >= 0.6 is 0 Å². The number of pyridine rings is 1. The summed E-state index contributed by atoms with van der Waals surface area (Å²) in [6.45, 7) is 6.34. The first kappa shape index (κ1) is 27.5. The average molecular weight is 501 g/mol. The summed E-state index contributed by atoms with van der Waals surface area (Å²) >= 11 is 0. The molecule has 0 saturated carbocycles. The maximum atomic E-state index is 12.1. The number of anilines is 2. The maximum absolute atomic E-state index is 12.1. The van der Waals surface area contributed by atoms with E-state index in [1.54, 1.807) is 19.3 Å². The van der Waals surface area contributed by atoms with E-state index >= 15 is 0 Å². The second-order valence-electron chi connectivity index (χ2n) is 8.31. The van der Waals surface area contributed by atoms with Gasteiger partial charge in [0.1, 0.15) is 17.5 Å². The van der Waals surface area contributed by atoms with Crippen LogP contribution in [0.25, 0.3) is 12.2 Å². The molecule has 37 heavy (non-hydrogen) atoms. The second-order valence-corrected chi connectivity index (χ2v) is 8.31. The third kappa shape index (κ3) is 7.44. The van der Waals surface area contributed by atoms with Crippen LogP contribution in [0.15, 0.2) is 36.9 Å². The van der Waals surface area contributed by atoms with Crippen LogP contribution in [0.5, 0.6) is 5.75 Å². The lowest BCUT2D eigenvalue weighted by Crippen LogP contribution is -2.34. The Morgan fingerprint density at radius 2 is 2.22 bits per heavy atom. The summed E-state index contributed by atoms with van der Waals surface area (Å²) in [5, 5.41) is 11.0. The van der Waals surface area contributed by atoms with Gasteiger partial charge < -0.3 is 14.4 Å². The van der Waals surface area contributed by atoms with Crippen LogP contribution < -0.4 is 25.7 Å². The first-order valence-electron chi connectivity index (χ1n) is 12.2. The van der Waals surface area contributed by atoms with Crippen molar-refractivity contribution in [3.8, 4) is 23.7 Å². The molecule has 1 atom stereocenters. The van der Waals surface area contributed by atoms with Gasteiger partial charge in [-0.1, -0.05) is 36.6 Å². The molecule has 1 amide bonds. The number of aromatic nitrogens is 1. The molecule has 0 radical (unpaired) electrons. The zero-order valence-electron chi connectivity index (χ0n) is 21.5. The lowest BCUT2D eigenvalue weighted by Gasteiger charge is -2.22. The van der Waals surface area contributed by atoms with E-state index in [1.165, 1.54) is 0 Å². The van der Waals surface area contributed by atoms with Gasteiger partial charge in [-0.2, -0.15) is 5.26 Å².